The van der Waals surface area contributed by atoms with Crippen molar-refractivity contribution in [1.82, 2.24) is 4.90 Å². The Bertz CT molecular complexity index is 807. The first-order valence-electron chi connectivity index (χ1n) is 8.35. The molecule has 0 aliphatic carbocycles. The van der Waals surface area contributed by atoms with Gasteiger partial charge in [-0.2, -0.15) is 0 Å². The molecule has 2 aliphatic heterocycles. The minimum absolute atomic E-state index is 0. The van der Waals surface area contributed by atoms with Crippen LogP contribution in [0, 0.1) is 15.4 Å². The van der Waals surface area contributed by atoms with Gasteiger partial charge in [0.15, 0.2) is 0 Å². The summed E-state index contributed by atoms with van der Waals surface area (Å²) in [6.45, 7) is 3.68. The summed E-state index contributed by atoms with van der Waals surface area (Å²) >= 11 is 2.18. The quantitative estimate of drug-likeness (QED) is 0.285. The molecule has 27 heavy (non-hydrogen) atoms. The largest absolute Gasteiger partial charge is 1.00 e. The third-order valence-electron chi connectivity index (χ3n) is 4.89. The van der Waals surface area contributed by atoms with Crippen LogP contribution in [0.1, 0.15) is 13.8 Å². The number of aliphatic carboxylic acids is 1. The number of β-lactam (4-membered cyclic amide) rings is 1. The summed E-state index contributed by atoms with van der Waals surface area (Å²) in [5, 5.41) is 21.4. The van der Waals surface area contributed by atoms with E-state index in [1.54, 1.807) is 19.1 Å². The van der Waals surface area contributed by atoms with Crippen molar-refractivity contribution in [2.24, 2.45) is 11.8 Å². The first-order valence-corrected chi connectivity index (χ1v) is 9.43. The number of benzene rings is 1. The summed E-state index contributed by atoms with van der Waals surface area (Å²) < 4.78 is 6.66. The van der Waals surface area contributed by atoms with Crippen LogP contribution in [0.5, 0.6) is 5.75 Å². The number of amides is 1. The van der Waals surface area contributed by atoms with Crippen LogP contribution in [0.2, 0.25) is 0 Å². The fourth-order valence-corrected chi connectivity index (χ4v) is 4.22. The van der Waals surface area contributed by atoms with Crippen molar-refractivity contribution in [3.05, 3.63) is 51.3 Å². The number of aliphatic hydroxyl groups excluding tert-OH is 1. The molecule has 138 valence electrons. The van der Waals surface area contributed by atoms with Crippen LogP contribution in [-0.4, -0.2) is 40.6 Å². The minimum atomic E-state index is -1.38. The van der Waals surface area contributed by atoms with Gasteiger partial charge in [0.1, 0.15) is 12.4 Å². The fraction of sp³-hybridized carbons (Fsp3) is 0.368. The van der Waals surface area contributed by atoms with E-state index in [4.69, 9.17) is 4.74 Å². The Morgan fingerprint density at radius 3 is 2.70 bits per heavy atom. The Morgan fingerprint density at radius 2 is 2.11 bits per heavy atom. The number of allylic oxidation sites excluding steroid dienone is 1. The zero-order valence-electron chi connectivity index (χ0n) is 15.4. The number of ether oxygens (including phenoxy) is 1. The molecule has 8 heteroatoms. The number of halogens is 1. The van der Waals surface area contributed by atoms with Crippen molar-refractivity contribution in [2.75, 3.05) is 6.61 Å². The van der Waals surface area contributed by atoms with Crippen molar-refractivity contribution in [1.29, 1.82) is 0 Å². The van der Waals surface area contributed by atoms with Crippen LogP contribution >= 0.6 is 22.6 Å². The van der Waals surface area contributed by atoms with Gasteiger partial charge in [-0.05, 0) is 53.3 Å². The Balaban J connectivity index is 0.00000261. The number of rotatable bonds is 6. The first kappa shape index (κ1) is 22.4. The molecular weight excluding hydrogens is 472 g/mol. The molecule has 1 saturated heterocycles. The van der Waals surface area contributed by atoms with E-state index < -0.39 is 18.0 Å². The molecular formula is C19H19INNaO5. The number of hydrogen-bond donors (Lipinski definition) is 1. The van der Waals surface area contributed by atoms with Gasteiger partial charge >= 0.3 is 29.6 Å². The monoisotopic (exact) mass is 491 g/mol. The predicted molar refractivity (Wildman–Crippen MR) is 101 cm³/mol. The number of carbonyl (C=O) groups is 2. The van der Waals surface area contributed by atoms with Crippen LogP contribution < -0.4 is 39.4 Å². The van der Waals surface area contributed by atoms with Gasteiger partial charge in [-0.15, -0.1) is 0 Å². The van der Waals surface area contributed by atoms with E-state index in [1.165, 1.54) is 4.90 Å². The number of carboxylic acid groups (broad SMARTS) is 1. The summed E-state index contributed by atoms with van der Waals surface area (Å²) in [5.41, 5.74) is 0.424. The number of para-hydroxylation sites is 1. The molecule has 6 nitrogen and oxygen atoms in total. The topological polar surface area (TPSA) is 89.9 Å². The molecule has 1 N–H and O–H groups in total. The number of aliphatic hydroxyl groups is 1. The second-order valence-corrected chi connectivity index (χ2v) is 7.65. The predicted octanol–water partition coefficient (Wildman–Crippen LogP) is -1.91. The van der Waals surface area contributed by atoms with E-state index in [0.29, 0.717) is 5.57 Å². The van der Waals surface area contributed by atoms with E-state index in [-0.39, 0.29) is 59.7 Å². The van der Waals surface area contributed by atoms with Gasteiger partial charge in [-0.1, -0.05) is 25.1 Å². The zero-order valence-corrected chi connectivity index (χ0v) is 19.5. The summed E-state index contributed by atoms with van der Waals surface area (Å²) in [6, 6.07) is 7.25. The van der Waals surface area contributed by atoms with E-state index in [0.717, 1.165) is 9.32 Å². The first-order chi connectivity index (χ1) is 12.3. The average Bonchev–Trinajstić information content (AvgIpc) is 2.82. The summed E-state index contributed by atoms with van der Waals surface area (Å²) in [4.78, 5) is 25.1. The number of nitrogens with zero attached hydrogens (tertiary/aromatic N) is 1. The molecule has 2 aliphatic rings. The van der Waals surface area contributed by atoms with Crippen LogP contribution in [-0.2, 0) is 9.59 Å². The average molecular weight is 491 g/mol. The third-order valence-corrected chi connectivity index (χ3v) is 5.78. The number of fused-ring (bicyclic) bond motifs is 1. The second-order valence-electron chi connectivity index (χ2n) is 6.49. The summed E-state index contributed by atoms with van der Waals surface area (Å²) in [7, 11) is 0. The molecule has 3 rings (SSSR count). The molecule has 4 atom stereocenters. The molecule has 4 unspecified atom stereocenters. The van der Waals surface area contributed by atoms with E-state index >= 15 is 0 Å². The van der Waals surface area contributed by atoms with Gasteiger partial charge < -0.3 is 24.6 Å². The van der Waals surface area contributed by atoms with Crippen molar-refractivity contribution in [3.63, 3.8) is 0 Å². The molecule has 1 fully saturated rings. The smallest absolute Gasteiger partial charge is 0.543 e. The van der Waals surface area contributed by atoms with Crippen LogP contribution in [0.15, 0.2) is 47.7 Å². The van der Waals surface area contributed by atoms with Crippen LogP contribution in [0.3, 0.4) is 0 Å². The minimum Gasteiger partial charge on any atom is -0.543 e. The van der Waals surface area contributed by atoms with E-state index in [9.17, 15) is 19.8 Å². The molecule has 1 aromatic carbocycles. The number of carboxylic acids is 1. The van der Waals surface area contributed by atoms with Gasteiger partial charge in [0.25, 0.3) is 0 Å². The van der Waals surface area contributed by atoms with Gasteiger partial charge in [0, 0.05) is 5.92 Å². The Labute approximate surface area is 193 Å². The Hall–Kier alpha value is -0.870. The van der Waals surface area contributed by atoms with E-state index in [1.807, 2.05) is 31.2 Å². The normalized spacial score (nSPS) is 25.1. The molecule has 1 aromatic rings. The van der Waals surface area contributed by atoms with Crippen molar-refractivity contribution >= 4 is 34.5 Å². The number of hydrogen-bond acceptors (Lipinski definition) is 5. The van der Waals surface area contributed by atoms with Gasteiger partial charge in [-0.25, -0.2) is 0 Å². The third kappa shape index (κ3) is 4.12. The van der Waals surface area contributed by atoms with E-state index in [2.05, 4.69) is 22.6 Å². The molecule has 1 amide bonds. The van der Waals surface area contributed by atoms with Gasteiger partial charge in [0.05, 0.1) is 33.3 Å². The van der Waals surface area contributed by atoms with Crippen LogP contribution in [0.4, 0.5) is 0 Å². The maximum Gasteiger partial charge on any atom is 1.00 e. The molecule has 2 heterocycles. The maximum atomic E-state index is 12.2. The fourth-order valence-electron chi connectivity index (χ4n) is 3.68. The van der Waals surface area contributed by atoms with Crippen LogP contribution in [0.25, 0.3) is 0 Å². The van der Waals surface area contributed by atoms with Gasteiger partial charge in [-0.3, -0.25) is 4.79 Å². The standard InChI is InChI=1S/C19H20INO5.Na/c1-10-12(6-5-9-26-14-8-4-3-7-13(14)20)17(19(24)25)21-16(10)15(11(2)22)18(21)23;/h3-8,10-11,15-16,22H,9H2,1-2H3,(H,24,25);/q;+1/p-1/b6-5+;. The van der Waals surface area contributed by atoms with Crippen molar-refractivity contribution < 1.29 is 54.1 Å². The van der Waals surface area contributed by atoms with Crippen molar-refractivity contribution in [2.45, 2.75) is 26.0 Å². The molecule has 0 saturated carbocycles. The van der Waals surface area contributed by atoms with Crippen molar-refractivity contribution in [3.8, 4) is 5.75 Å². The molecule has 0 bridgehead atoms. The molecule has 0 radical (unpaired) electrons. The Kier molecular flexibility index (Phi) is 7.54. The summed E-state index contributed by atoms with van der Waals surface area (Å²) in [6.07, 6.45) is 2.59. The SMILES string of the molecule is CC(O)C1C(=O)N2C(C(=O)[O-])=C(/C=C/COc3ccccc3I)C(C)C12.[Na+]. The molecule has 0 aromatic heterocycles. The number of carbonyl (C=O) groups excluding carboxylic acids is 2. The van der Waals surface area contributed by atoms with Gasteiger partial charge in [0.2, 0.25) is 5.91 Å². The zero-order chi connectivity index (χ0) is 19.0. The second kappa shape index (κ2) is 9.09. The molecule has 0 spiro atoms. The maximum absolute atomic E-state index is 12.2. The Morgan fingerprint density at radius 1 is 1.44 bits per heavy atom. The summed E-state index contributed by atoms with van der Waals surface area (Å²) in [5.74, 6) is -1.77.